The molecule has 0 radical (unpaired) electrons. The number of methoxy groups -OCH3 is 1. The Morgan fingerprint density at radius 2 is 1.83 bits per heavy atom. The Hall–Kier alpha value is -3.69. The lowest BCUT2D eigenvalue weighted by molar-refractivity contribution is 0.312. The van der Waals surface area contributed by atoms with Crippen molar-refractivity contribution in [3.63, 3.8) is 0 Å². The summed E-state index contributed by atoms with van der Waals surface area (Å²) in [5, 5.41) is 7.48. The fourth-order valence-electron chi connectivity index (χ4n) is 4.25. The Balaban J connectivity index is 1.43. The van der Waals surface area contributed by atoms with Crippen LogP contribution in [0, 0.1) is 0 Å². The highest BCUT2D eigenvalue weighted by atomic mass is 32.2. The van der Waals surface area contributed by atoms with E-state index in [4.69, 9.17) is 9.72 Å². The second kappa shape index (κ2) is 9.16. The molecule has 2 N–H and O–H groups in total. The Morgan fingerprint density at radius 1 is 1.00 bits per heavy atom. The molecule has 0 fully saturated rings. The molecule has 2 heterocycles. The lowest BCUT2D eigenvalue weighted by Gasteiger charge is -2.26. The minimum Gasteiger partial charge on any atom is -0.495 e. The van der Waals surface area contributed by atoms with Gasteiger partial charge >= 0.3 is 0 Å². The van der Waals surface area contributed by atoms with Crippen molar-refractivity contribution in [1.82, 2.24) is 14.9 Å². The van der Waals surface area contributed by atoms with E-state index < -0.39 is 9.84 Å². The summed E-state index contributed by atoms with van der Waals surface area (Å²) in [4.78, 5) is 11.8. The number of hydrogen-bond donors (Lipinski definition) is 2. The highest BCUT2D eigenvalue weighted by molar-refractivity contribution is 7.90. The van der Waals surface area contributed by atoms with E-state index in [2.05, 4.69) is 39.7 Å². The molecule has 4 aromatic rings. The maximum Gasteiger partial charge on any atom is 0.227 e. The second-order valence-electron chi connectivity index (χ2n) is 8.83. The van der Waals surface area contributed by atoms with E-state index in [0.717, 1.165) is 47.5 Å². The average Bonchev–Trinajstić information content (AvgIpc) is 2.83. The molecule has 35 heavy (non-hydrogen) atoms. The Kier molecular flexibility index (Phi) is 6.04. The summed E-state index contributed by atoms with van der Waals surface area (Å²) in [6.45, 7) is 1.92. The monoisotopic (exact) mass is 489 g/mol. The molecule has 9 heteroatoms. The second-order valence-corrected chi connectivity index (χ2v) is 10.8. The molecule has 1 aliphatic heterocycles. The maximum absolute atomic E-state index is 11.9. The van der Waals surface area contributed by atoms with E-state index in [9.17, 15) is 8.42 Å². The van der Waals surface area contributed by atoms with Crippen LogP contribution in [0.2, 0.25) is 0 Å². The number of nitrogens with one attached hydrogen (secondary N) is 2. The van der Waals surface area contributed by atoms with Gasteiger partial charge in [-0.05, 0) is 73.1 Å². The summed E-state index contributed by atoms with van der Waals surface area (Å²) in [5.41, 5.74) is 5.63. The van der Waals surface area contributed by atoms with Gasteiger partial charge in [-0.2, -0.15) is 0 Å². The molecule has 0 spiro atoms. The fourth-order valence-corrected chi connectivity index (χ4v) is 4.91. The first-order valence-electron chi connectivity index (χ1n) is 11.3. The molecular weight excluding hydrogens is 462 g/mol. The van der Waals surface area contributed by atoms with Crippen molar-refractivity contribution < 1.29 is 13.2 Å². The average molecular weight is 490 g/mol. The first kappa shape index (κ1) is 23.1. The smallest absolute Gasteiger partial charge is 0.227 e. The fraction of sp³-hybridized carbons (Fsp3) is 0.231. The van der Waals surface area contributed by atoms with E-state index in [0.29, 0.717) is 11.6 Å². The van der Waals surface area contributed by atoms with Gasteiger partial charge in [0.1, 0.15) is 5.75 Å². The van der Waals surface area contributed by atoms with Crippen molar-refractivity contribution in [2.45, 2.75) is 17.9 Å². The number of fused-ring (bicyclic) bond motifs is 2. The van der Waals surface area contributed by atoms with Crippen LogP contribution in [0.1, 0.15) is 11.1 Å². The predicted octanol–water partition coefficient (Wildman–Crippen LogP) is 4.52. The number of benzene rings is 3. The molecule has 3 aromatic carbocycles. The lowest BCUT2D eigenvalue weighted by Crippen LogP contribution is -2.26. The third-order valence-corrected chi connectivity index (χ3v) is 7.22. The van der Waals surface area contributed by atoms with E-state index in [1.807, 2.05) is 24.3 Å². The van der Waals surface area contributed by atoms with Gasteiger partial charge in [0, 0.05) is 42.3 Å². The van der Waals surface area contributed by atoms with Crippen molar-refractivity contribution in [3.05, 3.63) is 71.9 Å². The van der Waals surface area contributed by atoms with E-state index in [1.54, 1.807) is 31.5 Å². The van der Waals surface area contributed by atoms with Crippen molar-refractivity contribution >= 4 is 43.8 Å². The van der Waals surface area contributed by atoms with Crippen LogP contribution in [0.15, 0.2) is 65.7 Å². The van der Waals surface area contributed by atoms with Crippen molar-refractivity contribution in [3.8, 4) is 5.75 Å². The number of hydrogen-bond acceptors (Lipinski definition) is 8. The van der Waals surface area contributed by atoms with Gasteiger partial charge in [0.25, 0.3) is 0 Å². The standard InChI is InChI=1S/C26H27N5O3S/c1-31-10-9-17-12-25(34-2)24(11-19(17)16-31)30-26-27-15-18-7-8-21(14-23(18)29-26)28-20-5-4-6-22(13-20)35(3,32)33/h4-8,11-15,28H,9-10,16H2,1-3H3,(H,27,29,30). The summed E-state index contributed by atoms with van der Waals surface area (Å²) in [7, 11) is 0.503. The summed E-state index contributed by atoms with van der Waals surface area (Å²) in [6.07, 6.45) is 3.97. The largest absolute Gasteiger partial charge is 0.495 e. The van der Waals surface area contributed by atoms with Crippen molar-refractivity contribution in [2.24, 2.45) is 0 Å². The molecule has 5 rings (SSSR count). The first-order chi connectivity index (χ1) is 16.8. The molecule has 1 aromatic heterocycles. The molecule has 0 aliphatic carbocycles. The zero-order chi connectivity index (χ0) is 24.6. The number of sulfone groups is 1. The Bertz CT molecular complexity index is 1520. The highest BCUT2D eigenvalue weighted by Gasteiger charge is 2.17. The lowest BCUT2D eigenvalue weighted by atomic mass is 9.99. The van der Waals surface area contributed by atoms with Crippen LogP contribution < -0.4 is 15.4 Å². The Labute approximate surface area is 204 Å². The van der Waals surface area contributed by atoms with E-state index >= 15 is 0 Å². The molecule has 8 nitrogen and oxygen atoms in total. The van der Waals surface area contributed by atoms with Gasteiger partial charge in [0.2, 0.25) is 5.95 Å². The molecule has 0 saturated carbocycles. The van der Waals surface area contributed by atoms with Crippen LogP contribution >= 0.6 is 0 Å². The van der Waals surface area contributed by atoms with Gasteiger partial charge in [-0.15, -0.1) is 0 Å². The van der Waals surface area contributed by atoms with E-state index in [-0.39, 0.29) is 4.90 Å². The van der Waals surface area contributed by atoms with Gasteiger partial charge in [-0.3, -0.25) is 0 Å². The SMILES string of the molecule is COc1cc2c(cc1Nc1ncc3ccc(Nc4cccc(S(C)(=O)=O)c4)cc3n1)CN(C)CC2. The Morgan fingerprint density at radius 3 is 2.63 bits per heavy atom. The predicted molar refractivity (Wildman–Crippen MR) is 139 cm³/mol. The van der Waals surface area contributed by atoms with Crippen molar-refractivity contribution in [1.29, 1.82) is 0 Å². The molecule has 1 aliphatic rings. The van der Waals surface area contributed by atoms with Gasteiger partial charge in [0.05, 0.1) is 23.2 Å². The van der Waals surface area contributed by atoms with Gasteiger partial charge in [-0.25, -0.2) is 18.4 Å². The molecule has 0 atom stereocenters. The van der Waals surface area contributed by atoms with Crippen LogP contribution in [0.4, 0.5) is 23.0 Å². The summed E-state index contributed by atoms with van der Waals surface area (Å²) in [6, 6.07) is 16.7. The molecule has 0 bridgehead atoms. The number of rotatable bonds is 6. The molecule has 180 valence electrons. The van der Waals surface area contributed by atoms with Gasteiger partial charge < -0.3 is 20.3 Å². The third kappa shape index (κ3) is 5.06. The van der Waals surface area contributed by atoms with Gasteiger partial charge in [-0.1, -0.05) is 6.07 Å². The van der Waals surface area contributed by atoms with Crippen LogP contribution in [-0.2, 0) is 22.8 Å². The van der Waals surface area contributed by atoms with Crippen LogP contribution in [0.3, 0.4) is 0 Å². The number of anilines is 4. The van der Waals surface area contributed by atoms with Gasteiger partial charge in [0.15, 0.2) is 9.84 Å². The highest BCUT2D eigenvalue weighted by Crippen LogP contribution is 2.33. The normalized spacial score (nSPS) is 13.9. The quantitative estimate of drug-likeness (QED) is 0.408. The number of likely N-dealkylation sites (N-methyl/N-ethyl adjacent to an activating group) is 1. The summed E-state index contributed by atoms with van der Waals surface area (Å²) < 4.78 is 29.4. The zero-order valence-electron chi connectivity index (χ0n) is 19.9. The van der Waals surface area contributed by atoms with Crippen LogP contribution in [-0.4, -0.2) is 50.2 Å². The number of ether oxygens (including phenoxy) is 1. The minimum absolute atomic E-state index is 0.266. The zero-order valence-corrected chi connectivity index (χ0v) is 20.7. The third-order valence-electron chi connectivity index (χ3n) is 6.10. The molecule has 0 unspecified atom stereocenters. The van der Waals surface area contributed by atoms with Crippen LogP contribution in [0.25, 0.3) is 10.9 Å². The maximum atomic E-state index is 11.9. The summed E-state index contributed by atoms with van der Waals surface area (Å²) >= 11 is 0. The summed E-state index contributed by atoms with van der Waals surface area (Å²) in [5.74, 6) is 1.23. The number of nitrogens with zero attached hydrogens (tertiary/aromatic N) is 3. The number of aromatic nitrogens is 2. The molecule has 0 saturated heterocycles. The van der Waals surface area contributed by atoms with Crippen LogP contribution in [0.5, 0.6) is 5.75 Å². The molecule has 0 amide bonds. The first-order valence-corrected chi connectivity index (χ1v) is 13.2. The minimum atomic E-state index is -3.28. The topological polar surface area (TPSA) is 96.4 Å². The van der Waals surface area contributed by atoms with E-state index in [1.165, 1.54) is 17.4 Å². The van der Waals surface area contributed by atoms with Crippen molar-refractivity contribution in [2.75, 3.05) is 37.6 Å². The molecular formula is C26H27N5O3S.